The predicted molar refractivity (Wildman–Crippen MR) is 61.4 cm³/mol. The first kappa shape index (κ1) is 12.4. The third-order valence-corrected chi connectivity index (χ3v) is 2.25. The van der Waals surface area contributed by atoms with Gasteiger partial charge in [0.2, 0.25) is 5.95 Å². The lowest BCUT2D eigenvalue weighted by Gasteiger charge is -2.04. The molecule has 0 unspecified atom stereocenters. The van der Waals surface area contributed by atoms with Crippen molar-refractivity contribution in [2.24, 2.45) is 0 Å². The number of carbonyl (C=O) groups is 1. The number of rotatable bonds is 2. The van der Waals surface area contributed by atoms with Crippen molar-refractivity contribution in [1.82, 2.24) is 9.97 Å². The monoisotopic (exact) mass is 269 g/mol. The lowest BCUT2D eigenvalue weighted by molar-refractivity contribution is 0.102. The van der Waals surface area contributed by atoms with Gasteiger partial charge in [0.25, 0.3) is 5.91 Å². The second-order valence-corrected chi connectivity index (χ2v) is 3.65. The van der Waals surface area contributed by atoms with E-state index in [1.807, 2.05) is 0 Å². The van der Waals surface area contributed by atoms with Gasteiger partial charge >= 0.3 is 0 Å². The summed E-state index contributed by atoms with van der Waals surface area (Å²) in [6.45, 7) is 0. The van der Waals surface area contributed by atoms with E-state index >= 15 is 0 Å². The zero-order valence-electron chi connectivity index (χ0n) is 8.82. The van der Waals surface area contributed by atoms with Crippen LogP contribution in [0.25, 0.3) is 0 Å². The van der Waals surface area contributed by atoms with Crippen LogP contribution in [-0.4, -0.2) is 15.9 Å². The number of nitrogens with zero attached hydrogens (tertiary/aromatic N) is 2. The summed E-state index contributed by atoms with van der Waals surface area (Å²) in [6.07, 6.45) is 1.33. The smallest absolute Gasteiger partial charge is 0.261 e. The molecule has 0 aliphatic heterocycles. The Hall–Kier alpha value is -2.08. The SMILES string of the molecule is O=C(Nc1nccc(Cl)n1)c1cccc(F)c1F. The summed E-state index contributed by atoms with van der Waals surface area (Å²) in [7, 11) is 0. The minimum absolute atomic E-state index is 0.0869. The molecule has 1 amide bonds. The molecule has 2 aromatic rings. The molecular weight excluding hydrogens is 264 g/mol. The Balaban J connectivity index is 2.25. The molecule has 0 atom stereocenters. The Morgan fingerprint density at radius 2 is 2.06 bits per heavy atom. The van der Waals surface area contributed by atoms with Gasteiger partial charge in [-0.3, -0.25) is 10.1 Å². The first-order valence-electron chi connectivity index (χ1n) is 4.82. The van der Waals surface area contributed by atoms with Gasteiger partial charge in [0.05, 0.1) is 5.56 Å². The topological polar surface area (TPSA) is 54.9 Å². The molecule has 2 rings (SSSR count). The predicted octanol–water partition coefficient (Wildman–Crippen LogP) is 2.66. The van der Waals surface area contributed by atoms with Gasteiger partial charge in [0.15, 0.2) is 11.6 Å². The average Bonchev–Trinajstić information content (AvgIpc) is 2.32. The fourth-order valence-corrected chi connectivity index (χ4v) is 1.38. The summed E-state index contributed by atoms with van der Waals surface area (Å²) < 4.78 is 26.3. The average molecular weight is 270 g/mol. The van der Waals surface area contributed by atoms with E-state index in [0.29, 0.717) is 0 Å². The summed E-state index contributed by atoms with van der Waals surface area (Å²) in [4.78, 5) is 19.1. The number of carbonyl (C=O) groups excluding carboxylic acids is 1. The number of hydrogen-bond donors (Lipinski definition) is 1. The molecule has 0 saturated carbocycles. The van der Waals surface area contributed by atoms with Crippen LogP contribution in [0.3, 0.4) is 0 Å². The van der Waals surface area contributed by atoms with E-state index in [1.165, 1.54) is 18.3 Å². The number of halogens is 3. The van der Waals surface area contributed by atoms with Gasteiger partial charge in [-0.25, -0.2) is 18.7 Å². The second-order valence-electron chi connectivity index (χ2n) is 3.26. The van der Waals surface area contributed by atoms with Crippen LogP contribution in [0.5, 0.6) is 0 Å². The standard InChI is InChI=1S/C11H6ClF2N3O/c12-8-4-5-15-11(16-8)17-10(18)6-2-1-3-7(13)9(6)14/h1-5H,(H,15,16,17,18). The molecular formula is C11H6ClF2N3O. The number of nitrogens with one attached hydrogen (secondary N) is 1. The molecule has 0 fully saturated rings. The van der Waals surface area contributed by atoms with Crippen molar-refractivity contribution in [3.8, 4) is 0 Å². The summed E-state index contributed by atoms with van der Waals surface area (Å²) in [5.41, 5.74) is -0.432. The normalized spacial score (nSPS) is 10.2. The number of aromatic nitrogens is 2. The van der Waals surface area contributed by atoms with E-state index in [9.17, 15) is 13.6 Å². The number of anilines is 1. The molecule has 1 aromatic heterocycles. The van der Waals surface area contributed by atoms with Gasteiger partial charge in [0, 0.05) is 6.20 Å². The number of benzene rings is 1. The van der Waals surface area contributed by atoms with Crippen molar-refractivity contribution < 1.29 is 13.6 Å². The molecule has 7 heteroatoms. The Morgan fingerprint density at radius 1 is 1.28 bits per heavy atom. The van der Waals surface area contributed by atoms with E-state index in [4.69, 9.17) is 11.6 Å². The Labute approximate surface area is 106 Å². The summed E-state index contributed by atoms with van der Waals surface area (Å²) in [5.74, 6) is -3.27. The largest absolute Gasteiger partial charge is 0.290 e. The highest BCUT2D eigenvalue weighted by atomic mass is 35.5. The summed E-state index contributed by atoms with van der Waals surface area (Å²) in [5, 5.41) is 2.34. The van der Waals surface area contributed by atoms with Crippen LogP contribution in [0.15, 0.2) is 30.5 Å². The van der Waals surface area contributed by atoms with Crippen molar-refractivity contribution >= 4 is 23.5 Å². The van der Waals surface area contributed by atoms with Crippen LogP contribution in [0.2, 0.25) is 5.15 Å². The molecule has 92 valence electrons. The van der Waals surface area contributed by atoms with E-state index in [-0.39, 0.29) is 11.1 Å². The van der Waals surface area contributed by atoms with Crippen LogP contribution in [0, 0.1) is 11.6 Å². The minimum Gasteiger partial charge on any atom is -0.290 e. The first-order chi connectivity index (χ1) is 8.58. The van der Waals surface area contributed by atoms with Crippen molar-refractivity contribution in [3.63, 3.8) is 0 Å². The number of hydrogen-bond acceptors (Lipinski definition) is 3. The van der Waals surface area contributed by atoms with Crippen LogP contribution in [0.4, 0.5) is 14.7 Å². The molecule has 0 aliphatic rings. The lowest BCUT2D eigenvalue weighted by Crippen LogP contribution is -2.16. The van der Waals surface area contributed by atoms with Crippen molar-refractivity contribution in [2.45, 2.75) is 0 Å². The van der Waals surface area contributed by atoms with Crippen molar-refractivity contribution in [1.29, 1.82) is 0 Å². The summed E-state index contributed by atoms with van der Waals surface area (Å²) in [6, 6.07) is 4.71. The van der Waals surface area contributed by atoms with Gasteiger partial charge in [-0.15, -0.1) is 0 Å². The Morgan fingerprint density at radius 3 is 2.78 bits per heavy atom. The molecule has 0 saturated heterocycles. The van der Waals surface area contributed by atoms with Crippen LogP contribution < -0.4 is 5.32 Å². The van der Waals surface area contributed by atoms with Gasteiger partial charge in [-0.1, -0.05) is 17.7 Å². The number of amides is 1. The molecule has 0 radical (unpaired) electrons. The quantitative estimate of drug-likeness (QED) is 0.853. The van der Waals surface area contributed by atoms with E-state index < -0.39 is 23.1 Å². The second kappa shape index (κ2) is 5.05. The van der Waals surface area contributed by atoms with Crippen LogP contribution in [0.1, 0.15) is 10.4 Å². The highest BCUT2D eigenvalue weighted by Crippen LogP contribution is 2.13. The van der Waals surface area contributed by atoms with Crippen LogP contribution >= 0.6 is 11.6 Å². The molecule has 0 aliphatic carbocycles. The molecule has 1 N–H and O–H groups in total. The third kappa shape index (κ3) is 2.60. The van der Waals surface area contributed by atoms with Gasteiger partial charge in [-0.05, 0) is 18.2 Å². The molecule has 0 bridgehead atoms. The fraction of sp³-hybridized carbons (Fsp3) is 0. The zero-order valence-corrected chi connectivity index (χ0v) is 9.58. The Kier molecular flexibility index (Phi) is 3.47. The Bertz CT molecular complexity index is 607. The van der Waals surface area contributed by atoms with E-state index in [1.54, 1.807) is 0 Å². The molecule has 0 spiro atoms. The van der Waals surface area contributed by atoms with Gasteiger partial charge in [-0.2, -0.15) is 0 Å². The highest BCUT2D eigenvalue weighted by molar-refractivity contribution is 6.29. The fourth-order valence-electron chi connectivity index (χ4n) is 1.24. The van der Waals surface area contributed by atoms with Gasteiger partial charge in [0.1, 0.15) is 5.15 Å². The van der Waals surface area contributed by atoms with E-state index in [0.717, 1.165) is 12.1 Å². The maximum Gasteiger partial charge on any atom is 0.261 e. The van der Waals surface area contributed by atoms with Crippen molar-refractivity contribution in [2.75, 3.05) is 5.32 Å². The molecule has 18 heavy (non-hydrogen) atoms. The van der Waals surface area contributed by atoms with E-state index in [2.05, 4.69) is 15.3 Å². The molecule has 1 aromatic carbocycles. The van der Waals surface area contributed by atoms with Gasteiger partial charge < -0.3 is 0 Å². The molecule has 1 heterocycles. The maximum atomic E-state index is 13.3. The summed E-state index contributed by atoms with van der Waals surface area (Å²) >= 11 is 5.59. The lowest BCUT2D eigenvalue weighted by atomic mass is 10.2. The van der Waals surface area contributed by atoms with Crippen molar-refractivity contribution in [3.05, 3.63) is 52.8 Å². The highest BCUT2D eigenvalue weighted by Gasteiger charge is 2.15. The minimum atomic E-state index is -1.22. The first-order valence-corrected chi connectivity index (χ1v) is 5.19. The maximum absolute atomic E-state index is 13.3. The zero-order chi connectivity index (χ0) is 13.1. The van der Waals surface area contributed by atoms with Crippen LogP contribution in [-0.2, 0) is 0 Å². The molecule has 4 nitrogen and oxygen atoms in total. The third-order valence-electron chi connectivity index (χ3n) is 2.04.